The van der Waals surface area contributed by atoms with E-state index in [9.17, 15) is 0 Å². The van der Waals surface area contributed by atoms with Gasteiger partial charge in [0.15, 0.2) is 0 Å². The molecule has 92 valence electrons. The molecule has 1 N–H and O–H groups in total. The van der Waals surface area contributed by atoms with Crippen molar-refractivity contribution in [2.75, 3.05) is 13.1 Å². The minimum absolute atomic E-state index is 0.811. The van der Waals surface area contributed by atoms with Crippen molar-refractivity contribution in [3.05, 3.63) is 24.3 Å². The average Bonchev–Trinajstić information content (AvgIpc) is 2.29. The van der Waals surface area contributed by atoms with E-state index in [1.807, 2.05) is 6.08 Å². The zero-order valence-corrected chi connectivity index (χ0v) is 11.0. The van der Waals surface area contributed by atoms with Gasteiger partial charge in [-0.15, -0.1) is 0 Å². The monoisotopic (exact) mass is 221 g/mol. The van der Waals surface area contributed by atoms with Crippen LogP contribution >= 0.6 is 0 Å². The Kier molecular flexibility index (Phi) is 6.47. The van der Waals surface area contributed by atoms with E-state index < -0.39 is 0 Å². The van der Waals surface area contributed by atoms with E-state index in [0.717, 1.165) is 11.8 Å². The van der Waals surface area contributed by atoms with E-state index in [1.54, 1.807) is 5.57 Å². The molecule has 0 unspecified atom stereocenters. The molecule has 0 radical (unpaired) electrons. The molecule has 0 aromatic heterocycles. The highest BCUT2D eigenvalue weighted by atomic mass is 14.9. The molecule has 1 heteroatoms. The molecule has 0 saturated carbocycles. The van der Waals surface area contributed by atoms with Crippen molar-refractivity contribution in [3.63, 3.8) is 0 Å². The first-order valence-electron chi connectivity index (χ1n) is 6.76. The van der Waals surface area contributed by atoms with Crippen LogP contribution in [-0.2, 0) is 0 Å². The topological polar surface area (TPSA) is 12.0 Å². The van der Waals surface area contributed by atoms with Gasteiger partial charge in [0.05, 0.1) is 0 Å². The second-order valence-corrected chi connectivity index (χ2v) is 5.29. The molecular weight excluding hydrogens is 194 g/mol. The Hall–Kier alpha value is -0.560. The fourth-order valence-electron chi connectivity index (χ4n) is 2.48. The third-order valence-electron chi connectivity index (χ3n) is 3.44. The molecule has 0 atom stereocenters. The first-order valence-corrected chi connectivity index (χ1v) is 6.76. The summed E-state index contributed by atoms with van der Waals surface area (Å²) in [6.45, 7) is 10.8. The van der Waals surface area contributed by atoms with Gasteiger partial charge in [0, 0.05) is 0 Å². The molecule has 1 nitrogen and oxygen atoms in total. The van der Waals surface area contributed by atoms with Crippen molar-refractivity contribution in [1.29, 1.82) is 0 Å². The molecule has 0 aromatic rings. The molecule has 1 saturated heterocycles. The second-order valence-electron chi connectivity index (χ2n) is 5.29. The van der Waals surface area contributed by atoms with E-state index in [1.165, 1.54) is 45.2 Å². The Bertz CT molecular complexity index is 222. The highest BCUT2D eigenvalue weighted by molar-refractivity contribution is 5.14. The van der Waals surface area contributed by atoms with Crippen LogP contribution in [0.25, 0.3) is 0 Å². The van der Waals surface area contributed by atoms with Gasteiger partial charge in [-0.25, -0.2) is 0 Å². The maximum atomic E-state index is 3.85. The van der Waals surface area contributed by atoms with Crippen molar-refractivity contribution in [3.8, 4) is 0 Å². The van der Waals surface area contributed by atoms with Gasteiger partial charge in [0.1, 0.15) is 0 Å². The van der Waals surface area contributed by atoms with Crippen LogP contribution in [0.1, 0.15) is 46.0 Å². The predicted molar refractivity (Wildman–Crippen MR) is 72.6 cm³/mol. The summed E-state index contributed by atoms with van der Waals surface area (Å²) in [5.41, 5.74) is 1.64. The van der Waals surface area contributed by atoms with Crippen LogP contribution in [0.2, 0.25) is 0 Å². The standard InChI is InChI=1S/C15H27N/c1-4-6-14(8-5-7-13(2)3)15-9-11-16-12-10-15/h4,6,13,15-16H,1,5,7-12H2,2-3H3/b14-6+. The maximum absolute atomic E-state index is 3.85. The first-order chi connectivity index (χ1) is 7.74. The number of hydrogen-bond donors (Lipinski definition) is 1. The maximum Gasteiger partial charge on any atom is -0.00432 e. The Labute approximate surface area is 101 Å². The van der Waals surface area contributed by atoms with E-state index in [4.69, 9.17) is 0 Å². The molecule has 0 bridgehead atoms. The number of hydrogen-bond acceptors (Lipinski definition) is 1. The SMILES string of the molecule is C=C/C=C(\CCCC(C)C)C1CCNCC1. The molecule has 16 heavy (non-hydrogen) atoms. The van der Waals surface area contributed by atoms with Gasteiger partial charge in [-0.1, -0.05) is 44.6 Å². The van der Waals surface area contributed by atoms with Crippen LogP contribution in [0, 0.1) is 11.8 Å². The molecular formula is C15H27N. The second kappa shape index (κ2) is 7.67. The summed E-state index contributed by atoms with van der Waals surface area (Å²) in [4.78, 5) is 0. The summed E-state index contributed by atoms with van der Waals surface area (Å²) in [6, 6.07) is 0. The van der Waals surface area contributed by atoms with Crippen molar-refractivity contribution in [2.45, 2.75) is 46.0 Å². The van der Waals surface area contributed by atoms with Gasteiger partial charge in [0.2, 0.25) is 0 Å². The Morgan fingerprint density at radius 3 is 2.62 bits per heavy atom. The van der Waals surface area contributed by atoms with Crippen molar-refractivity contribution in [1.82, 2.24) is 5.32 Å². The van der Waals surface area contributed by atoms with E-state index in [-0.39, 0.29) is 0 Å². The third-order valence-corrected chi connectivity index (χ3v) is 3.44. The molecule has 1 aliphatic rings. The van der Waals surface area contributed by atoms with E-state index in [0.29, 0.717) is 0 Å². The fraction of sp³-hybridized carbons (Fsp3) is 0.733. The Balaban J connectivity index is 2.40. The number of rotatable bonds is 6. The van der Waals surface area contributed by atoms with E-state index >= 15 is 0 Å². The van der Waals surface area contributed by atoms with Crippen LogP contribution < -0.4 is 5.32 Å². The molecule has 0 spiro atoms. The Morgan fingerprint density at radius 1 is 1.38 bits per heavy atom. The van der Waals surface area contributed by atoms with Crippen LogP contribution in [-0.4, -0.2) is 13.1 Å². The zero-order chi connectivity index (χ0) is 11.8. The van der Waals surface area contributed by atoms with Crippen LogP contribution in [0.3, 0.4) is 0 Å². The summed E-state index contributed by atoms with van der Waals surface area (Å²) in [5, 5.41) is 3.43. The van der Waals surface area contributed by atoms with Crippen LogP contribution in [0.5, 0.6) is 0 Å². The molecule has 1 heterocycles. The largest absolute Gasteiger partial charge is 0.317 e. The number of allylic oxidation sites excluding steroid dienone is 3. The average molecular weight is 221 g/mol. The smallest absolute Gasteiger partial charge is 0.00432 e. The number of nitrogens with one attached hydrogen (secondary N) is 1. The summed E-state index contributed by atoms with van der Waals surface area (Å²) in [7, 11) is 0. The number of piperidine rings is 1. The van der Waals surface area contributed by atoms with Gasteiger partial charge >= 0.3 is 0 Å². The lowest BCUT2D eigenvalue weighted by Crippen LogP contribution is -2.28. The molecule has 0 aromatic carbocycles. The normalized spacial score (nSPS) is 19.1. The van der Waals surface area contributed by atoms with E-state index in [2.05, 4.69) is 31.8 Å². The predicted octanol–water partition coefficient (Wildman–Crippen LogP) is 3.92. The van der Waals surface area contributed by atoms with Gasteiger partial charge < -0.3 is 5.32 Å². The summed E-state index contributed by atoms with van der Waals surface area (Å²) in [5.74, 6) is 1.64. The minimum atomic E-state index is 0.811. The lowest BCUT2D eigenvalue weighted by molar-refractivity contribution is 0.405. The summed E-state index contributed by atoms with van der Waals surface area (Å²) < 4.78 is 0. The molecule has 1 rings (SSSR count). The van der Waals surface area contributed by atoms with Gasteiger partial charge in [0.25, 0.3) is 0 Å². The van der Waals surface area contributed by atoms with Crippen LogP contribution in [0.15, 0.2) is 24.3 Å². The molecule has 0 amide bonds. The zero-order valence-electron chi connectivity index (χ0n) is 11.0. The van der Waals surface area contributed by atoms with Gasteiger partial charge in [-0.2, -0.15) is 0 Å². The molecule has 1 aliphatic heterocycles. The van der Waals surface area contributed by atoms with Crippen molar-refractivity contribution in [2.24, 2.45) is 11.8 Å². The van der Waals surface area contributed by atoms with Crippen molar-refractivity contribution >= 4 is 0 Å². The van der Waals surface area contributed by atoms with Crippen LogP contribution in [0.4, 0.5) is 0 Å². The third kappa shape index (κ3) is 4.98. The lowest BCUT2D eigenvalue weighted by Gasteiger charge is -2.25. The quantitative estimate of drug-likeness (QED) is 0.670. The Morgan fingerprint density at radius 2 is 2.06 bits per heavy atom. The van der Waals surface area contributed by atoms with Gasteiger partial charge in [-0.3, -0.25) is 0 Å². The minimum Gasteiger partial charge on any atom is -0.317 e. The fourth-order valence-corrected chi connectivity index (χ4v) is 2.48. The highest BCUT2D eigenvalue weighted by Gasteiger charge is 2.16. The highest BCUT2D eigenvalue weighted by Crippen LogP contribution is 2.26. The lowest BCUT2D eigenvalue weighted by atomic mass is 9.86. The first kappa shape index (κ1) is 13.5. The summed E-state index contributed by atoms with van der Waals surface area (Å²) >= 11 is 0. The molecule has 0 aliphatic carbocycles. The van der Waals surface area contributed by atoms with Crippen molar-refractivity contribution < 1.29 is 0 Å². The molecule has 1 fully saturated rings. The van der Waals surface area contributed by atoms with Gasteiger partial charge in [-0.05, 0) is 50.6 Å². The summed E-state index contributed by atoms with van der Waals surface area (Å²) in [6.07, 6.45) is 10.8.